The van der Waals surface area contributed by atoms with Gasteiger partial charge in [0.15, 0.2) is 0 Å². The molecule has 0 aliphatic carbocycles. The second kappa shape index (κ2) is 3.43. The second-order valence-electron chi connectivity index (χ2n) is 3.01. The van der Waals surface area contributed by atoms with Crippen LogP contribution in [0.2, 0.25) is 5.02 Å². The van der Waals surface area contributed by atoms with Crippen LogP contribution in [0.15, 0.2) is 18.5 Å². The molecule has 0 saturated heterocycles. The van der Waals surface area contributed by atoms with Crippen LogP contribution in [0.3, 0.4) is 0 Å². The summed E-state index contributed by atoms with van der Waals surface area (Å²) in [6, 6.07) is 1.62. The summed E-state index contributed by atoms with van der Waals surface area (Å²) < 4.78 is 0. The van der Waals surface area contributed by atoms with Gasteiger partial charge in [0.05, 0.1) is 16.1 Å². The zero-order chi connectivity index (χ0) is 11.0. The Hall–Kier alpha value is -1.75. The van der Waals surface area contributed by atoms with Gasteiger partial charge in [-0.15, -0.1) is 0 Å². The van der Waals surface area contributed by atoms with Crippen LogP contribution in [0.1, 0.15) is 5.69 Å². The number of hydrogen-bond acceptors (Lipinski definition) is 4. The average molecular weight is 224 g/mol. The van der Waals surface area contributed by atoms with E-state index in [9.17, 15) is 10.1 Å². The molecule has 2 heterocycles. The zero-order valence-corrected chi connectivity index (χ0v) is 8.52. The van der Waals surface area contributed by atoms with Crippen LogP contribution < -0.4 is 0 Å². The van der Waals surface area contributed by atoms with Gasteiger partial charge in [-0.3, -0.25) is 15.1 Å². The molecule has 0 saturated carbocycles. The van der Waals surface area contributed by atoms with Gasteiger partial charge in [-0.1, -0.05) is 11.6 Å². The number of halogens is 1. The minimum absolute atomic E-state index is 0.107. The van der Waals surface area contributed by atoms with Crippen LogP contribution in [-0.4, -0.2) is 14.9 Å². The Balaban J connectivity index is 2.86. The topological polar surface area (TPSA) is 68.9 Å². The molecule has 0 bridgehead atoms. The highest BCUT2D eigenvalue weighted by Gasteiger charge is 2.16. The lowest BCUT2D eigenvalue weighted by Gasteiger charge is -2.02. The van der Waals surface area contributed by atoms with E-state index in [2.05, 4.69) is 9.97 Å². The zero-order valence-electron chi connectivity index (χ0n) is 7.77. The molecule has 2 aromatic rings. The van der Waals surface area contributed by atoms with Gasteiger partial charge < -0.3 is 0 Å². The van der Waals surface area contributed by atoms with E-state index >= 15 is 0 Å². The van der Waals surface area contributed by atoms with Crippen molar-refractivity contribution >= 4 is 28.2 Å². The summed E-state index contributed by atoms with van der Waals surface area (Å²) in [6.45, 7) is 1.78. The summed E-state index contributed by atoms with van der Waals surface area (Å²) in [4.78, 5) is 18.1. The third kappa shape index (κ3) is 1.50. The highest BCUT2D eigenvalue weighted by atomic mass is 35.5. The number of nitrogens with zero attached hydrogens (tertiary/aromatic N) is 3. The largest absolute Gasteiger partial charge is 0.306 e. The maximum Gasteiger partial charge on any atom is 0.306 e. The summed E-state index contributed by atoms with van der Waals surface area (Å²) >= 11 is 5.90. The van der Waals surface area contributed by atoms with Crippen LogP contribution in [0.25, 0.3) is 10.9 Å². The fourth-order valence-corrected chi connectivity index (χ4v) is 1.62. The Kier molecular flexibility index (Phi) is 2.24. The molecule has 6 heteroatoms. The summed E-state index contributed by atoms with van der Waals surface area (Å²) in [5, 5.41) is 11.3. The highest BCUT2D eigenvalue weighted by Crippen LogP contribution is 2.31. The van der Waals surface area contributed by atoms with Crippen LogP contribution in [0.4, 0.5) is 5.69 Å². The molecule has 0 spiro atoms. The van der Waals surface area contributed by atoms with E-state index in [1.807, 2.05) is 0 Å². The van der Waals surface area contributed by atoms with Crippen LogP contribution in [0.5, 0.6) is 0 Å². The molecule has 0 aliphatic rings. The summed E-state index contributed by atoms with van der Waals surface area (Å²) in [5.41, 5.74) is 1.10. The molecule has 0 amide bonds. The van der Waals surface area contributed by atoms with E-state index in [-0.39, 0.29) is 10.7 Å². The third-order valence-electron chi connectivity index (χ3n) is 2.08. The van der Waals surface area contributed by atoms with Gasteiger partial charge in [0.2, 0.25) is 0 Å². The van der Waals surface area contributed by atoms with E-state index in [4.69, 9.17) is 11.6 Å². The van der Waals surface area contributed by atoms with Crippen molar-refractivity contribution in [1.82, 2.24) is 9.97 Å². The predicted octanol–water partition coefficient (Wildman–Crippen LogP) is 2.50. The second-order valence-corrected chi connectivity index (χ2v) is 3.39. The monoisotopic (exact) mass is 223 g/mol. The lowest BCUT2D eigenvalue weighted by molar-refractivity contribution is -0.384. The number of hydrogen-bond donors (Lipinski definition) is 0. The van der Waals surface area contributed by atoms with Crippen molar-refractivity contribution in [2.45, 2.75) is 6.92 Å². The number of rotatable bonds is 1. The first-order valence-electron chi connectivity index (χ1n) is 4.15. The first-order chi connectivity index (χ1) is 7.11. The van der Waals surface area contributed by atoms with Crippen molar-refractivity contribution in [3.8, 4) is 0 Å². The van der Waals surface area contributed by atoms with Gasteiger partial charge in [0, 0.05) is 11.6 Å². The molecule has 0 N–H and O–H groups in total. The van der Waals surface area contributed by atoms with Gasteiger partial charge in [-0.05, 0) is 13.0 Å². The smallest absolute Gasteiger partial charge is 0.259 e. The molecule has 0 radical (unpaired) electrons. The number of aromatic nitrogens is 2. The molecule has 0 aromatic carbocycles. The Labute approximate surface area is 89.9 Å². The van der Waals surface area contributed by atoms with Crippen molar-refractivity contribution in [2.24, 2.45) is 0 Å². The predicted molar refractivity (Wildman–Crippen MR) is 55.9 cm³/mol. The van der Waals surface area contributed by atoms with E-state index in [0.29, 0.717) is 16.6 Å². The van der Waals surface area contributed by atoms with E-state index in [1.165, 1.54) is 0 Å². The van der Waals surface area contributed by atoms with E-state index in [0.717, 1.165) is 6.20 Å². The van der Waals surface area contributed by atoms with Gasteiger partial charge in [-0.2, -0.15) is 0 Å². The lowest BCUT2D eigenvalue weighted by atomic mass is 10.2. The molecule has 0 unspecified atom stereocenters. The quantitative estimate of drug-likeness (QED) is 0.550. The van der Waals surface area contributed by atoms with Crippen molar-refractivity contribution in [3.05, 3.63) is 39.3 Å². The molecule has 5 nitrogen and oxygen atoms in total. The summed E-state index contributed by atoms with van der Waals surface area (Å²) in [7, 11) is 0. The van der Waals surface area contributed by atoms with Gasteiger partial charge in [0.25, 0.3) is 0 Å². The maximum atomic E-state index is 10.6. The summed E-state index contributed by atoms with van der Waals surface area (Å²) in [6.07, 6.45) is 2.70. The maximum absolute atomic E-state index is 10.6. The van der Waals surface area contributed by atoms with Crippen molar-refractivity contribution in [1.29, 1.82) is 0 Å². The van der Waals surface area contributed by atoms with Crippen molar-refractivity contribution in [3.63, 3.8) is 0 Å². The fraction of sp³-hybridized carbons (Fsp3) is 0.111. The van der Waals surface area contributed by atoms with Crippen molar-refractivity contribution in [2.75, 3.05) is 0 Å². The Morgan fingerprint density at radius 1 is 1.47 bits per heavy atom. The molecular formula is C9H6ClN3O2. The molecule has 2 rings (SSSR count). The van der Waals surface area contributed by atoms with Gasteiger partial charge in [-0.25, -0.2) is 4.98 Å². The number of pyridine rings is 2. The van der Waals surface area contributed by atoms with Gasteiger partial charge >= 0.3 is 5.69 Å². The van der Waals surface area contributed by atoms with Gasteiger partial charge in [0.1, 0.15) is 11.2 Å². The Morgan fingerprint density at radius 3 is 2.87 bits per heavy atom. The Morgan fingerprint density at radius 2 is 2.20 bits per heavy atom. The highest BCUT2D eigenvalue weighted by molar-refractivity contribution is 6.37. The molecule has 2 aromatic heterocycles. The standard InChI is InChI=1S/C9H6ClN3O2/c1-5-9-6(2-3-11-5)8(10)7(4-12-9)13(14)15/h2-4H,1H3. The fourth-order valence-electron chi connectivity index (χ4n) is 1.35. The normalized spacial score (nSPS) is 10.5. The average Bonchev–Trinajstić information content (AvgIpc) is 2.19. The first-order valence-corrected chi connectivity index (χ1v) is 4.53. The first kappa shape index (κ1) is 9.79. The van der Waals surface area contributed by atoms with Crippen LogP contribution >= 0.6 is 11.6 Å². The van der Waals surface area contributed by atoms with E-state index in [1.54, 1.807) is 19.2 Å². The minimum atomic E-state index is -0.551. The molecule has 15 heavy (non-hydrogen) atoms. The molecule has 0 aliphatic heterocycles. The van der Waals surface area contributed by atoms with Crippen LogP contribution in [0, 0.1) is 17.0 Å². The molecule has 0 fully saturated rings. The van der Waals surface area contributed by atoms with Crippen LogP contribution in [-0.2, 0) is 0 Å². The number of fused-ring (bicyclic) bond motifs is 1. The van der Waals surface area contributed by atoms with Crippen molar-refractivity contribution < 1.29 is 4.92 Å². The van der Waals surface area contributed by atoms with E-state index < -0.39 is 4.92 Å². The Bertz CT molecular complexity index is 556. The number of aryl methyl sites for hydroxylation is 1. The molecular weight excluding hydrogens is 218 g/mol. The summed E-state index contributed by atoms with van der Waals surface area (Å²) in [5.74, 6) is 0. The number of nitro groups is 1. The third-order valence-corrected chi connectivity index (χ3v) is 2.48. The molecule has 76 valence electrons. The SMILES string of the molecule is Cc1nccc2c(Cl)c([N+](=O)[O-])cnc12. The minimum Gasteiger partial charge on any atom is -0.259 e. The molecule has 0 atom stereocenters. The lowest BCUT2D eigenvalue weighted by Crippen LogP contribution is -1.94.